The molecule has 0 unspecified atom stereocenters. The molecule has 1 heterocycles. The molecule has 1 N–H and O–H groups in total. The Morgan fingerprint density at radius 3 is 2.79 bits per heavy atom. The van der Waals surface area contributed by atoms with Crippen LogP contribution in [0, 0.1) is 6.92 Å². The van der Waals surface area contributed by atoms with Gasteiger partial charge in [-0.3, -0.25) is 0 Å². The van der Waals surface area contributed by atoms with Crippen molar-refractivity contribution in [2.45, 2.75) is 19.8 Å². The van der Waals surface area contributed by atoms with Gasteiger partial charge in [0.05, 0.1) is 7.11 Å². The summed E-state index contributed by atoms with van der Waals surface area (Å²) < 4.78 is 5.33. The quantitative estimate of drug-likeness (QED) is 0.729. The minimum Gasteiger partial charge on any atom is -0.496 e. The molecule has 0 radical (unpaired) electrons. The van der Waals surface area contributed by atoms with E-state index in [0.29, 0.717) is 0 Å². The van der Waals surface area contributed by atoms with Gasteiger partial charge in [0.1, 0.15) is 5.75 Å². The molecule has 14 heavy (non-hydrogen) atoms. The molecule has 0 aromatic heterocycles. The topological polar surface area (TPSA) is 21.3 Å². The fraction of sp³-hybridized carbons (Fsp3) is 0.500. The van der Waals surface area contributed by atoms with E-state index in [1.807, 2.05) is 0 Å². The number of hydrogen-bond acceptors (Lipinski definition) is 2. The number of hydrogen-bond donors (Lipinski definition) is 1. The van der Waals surface area contributed by atoms with Crippen molar-refractivity contribution in [2.75, 3.05) is 20.2 Å². The van der Waals surface area contributed by atoms with E-state index in [9.17, 15) is 0 Å². The second-order valence-electron chi connectivity index (χ2n) is 3.78. The van der Waals surface area contributed by atoms with Crippen LogP contribution in [-0.4, -0.2) is 20.2 Å². The van der Waals surface area contributed by atoms with E-state index < -0.39 is 0 Å². The molecule has 0 atom stereocenters. The van der Waals surface area contributed by atoms with Gasteiger partial charge in [-0.1, -0.05) is 6.07 Å². The molecule has 1 aliphatic heterocycles. The van der Waals surface area contributed by atoms with Crippen LogP contribution in [0.25, 0.3) is 0 Å². The van der Waals surface area contributed by atoms with Crippen molar-refractivity contribution in [1.82, 2.24) is 5.32 Å². The van der Waals surface area contributed by atoms with Gasteiger partial charge in [-0.05, 0) is 55.6 Å². The maximum Gasteiger partial charge on any atom is 0.122 e. The normalized spacial score (nSPS) is 15.9. The zero-order valence-electron chi connectivity index (χ0n) is 8.89. The van der Waals surface area contributed by atoms with Crippen LogP contribution in [0.1, 0.15) is 16.7 Å². The molecule has 1 aromatic rings. The van der Waals surface area contributed by atoms with Gasteiger partial charge in [0, 0.05) is 0 Å². The minimum absolute atomic E-state index is 1.02. The number of methoxy groups -OCH3 is 1. The lowest BCUT2D eigenvalue weighted by molar-refractivity contribution is 0.411. The van der Waals surface area contributed by atoms with E-state index in [0.717, 1.165) is 31.7 Å². The molecule has 1 aromatic carbocycles. The van der Waals surface area contributed by atoms with Gasteiger partial charge in [0.25, 0.3) is 0 Å². The Morgan fingerprint density at radius 1 is 1.21 bits per heavy atom. The lowest BCUT2D eigenvalue weighted by Crippen LogP contribution is -2.16. The van der Waals surface area contributed by atoms with Crippen LogP contribution < -0.4 is 10.1 Å². The number of rotatable bonds is 1. The molecule has 0 amide bonds. The highest BCUT2D eigenvalue weighted by atomic mass is 16.5. The monoisotopic (exact) mass is 191 g/mol. The Morgan fingerprint density at radius 2 is 2.00 bits per heavy atom. The molecule has 0 spiro atoms. The molecule has 1 aliphatic rings. The zero-order chi connectivity index (χ0) is 9.97. The third-order valence-electron chi connectivity index (χ3n) is 2.99. The van der Waals surface area contributed by atoms with Crippen molar-refractivity contribution in [3.63, 3.8) is 0 Å². The molecule has 2 rings (SSSR count). The molecule has 0 aliphatic carbocycles. The Balaban J connectivity index is 2.44. The highest BCUT2D eigenvalue weighted by molar-refractivity contribution is 5.45. The van der Waals surface area contributed by atoms with Crippen molar-refractivity contribution in [3.05, 3.63) is 28.8 Å². The molecule has 0 saturated carbocycles. The SMILES string of the molecule is COc1ccc2c(c1C)CCNCC2. The number of nitrogens with one attached hydrogen (secondary N) is 1. The van der Waals surface area contributed by atoms with E-state index in [-0.39, 0.29) is 0 Å². The Labute approximate surface area is 85.3 Å². The van der Waals surface area contributed by atoms with Gasteiger partial charge in [-0.25, -0.2) is 0 Å². The van der Waals surface area contributed by atoms with Crippen molar-refractivity contribution in [1.29, 1.82) is 0 Å². The predicted octanol–water partition coefficient (Wildman–Crippen LogP) is 1.69. The average molecular weight is 191 g/mol. The highest BCUT2D eigenvalue weighted by Gasteiger charge is 2.12. The first-order valence-electron chi connectivity index (χ1n) is 5.19. The largest absolute Gasteiger partial charge is 0.496 e. The smallest absolute Gasteiger partial charge is 0.122 e. The number of ether oxygens (including phenoxy) is 1. The summed E-state index contributed by atoms with van der Waals surface area (Å²) in [5, 5.41) is 3.42. The fourth-order valence-electron chi connectivity index (χ4n) is 2.16. The number of fused-ring (bicyclic) bond motifs is 1. The molecule has 76 valence electrons. The number of benzene rings is 1. The summed E-state index contributed by atoms with van der Waals surface area (Å²) in [6.07, 6.45) is 2.26. The summed E-state index contributed by atoms with van der Waals surface area (Å²) in [5.74, 6) is 1.02. The van der Waals surface area contributed by atoms with Crippen LogP contribution in [0.15, 0.2) is 12.1 Å². The molecule has 0 saturated heterocycles. The van der Waals surface area contributed by atoms with E-state index in [1.165, 1.54) is 16.7 Å². The lowest BCUT2D eigenvalue weighted by atomic mass is 9.97. The van der Waals surface area contributed by atoms with Gasteiger partial charge in [0.15, 0.2) is 0 Å². The summed E-state index contributed by atoms with van der Waals surface area (Å²) in [6, 6.07) is 4.29. The summed E-state index contributed by atoms with van der Waals surface area (Å²) >= 11 is 0. The summed E-state index contributed by atoms with van der Waals surface area (Å²) in [7, 11) is 1.74. The second kappa shape index (κ2) is 4.01. The highest BCUT2D eigenvalue weighted by Crippen LogP contribution is 2.26. The standard InChI is InChI=1S/C12H17NO/c1-9-11-6-8-13-7-5-10(11)3-4-12(9)14-2/h3-4,13H,5-8H2,1-2H3. The van der Waals surface area contributed by atoms with E-state index >= 15 is 0 Å². The third-order valence-corrected chi connectivity index (χ3v) is 2.99. The Kier molecular flexibility index (Phi) is 2.73. The molecule has 0 bridgehead atoms. The molecular formula is C12H17NO. The van der Waals surface area contributed by atoms with Crippen LogP contribution in [0.2, 0.25) is 0 Å². The summed E-state index contributed by atoms with van der Waals surface area (Å²) in [5.41, 5.74) is 4.27. The van der Waals surface area contributed by atoms with Gasteiger partial charge in [-0.15, -0.1) is 0 Å². The van der Waals surface area contributed by atoms with Crippen LogP contribution in [0.4, 0.5) is 0 Å². The predicted molar refractivity (Wildman–Crippen MR) is 58.0 cm³/mol. The maximum absolute atomic E-state index is 5.33. The van der Waals surface area contributed by atoms with Gasteiger partial charge >= 0.3 is 0 Å². The Bertz CT molecular complexity index is 333. The van der Waals surface area contributed by atoms with Gasteiger partial charge in [0.2, 0.25) is 0 Å². The van der Waals surface area contributed by atoms with E-state index in [4.69, 9.17) is 4.74 Å². The zero-order valence-corrected chi connectivity index (χ0v) is 8.89. The van der Waals surface area contributed by atoms with Crippen LogP contribution >= 0.6 is 0 Å². The molecule has 0 fully saturated rings. The van der Waals surface area contributed by atoms with Gasteiger partial charge < -0.3 is 10.1 Å². The third kappa shape index (κ3) is 1.62. The minimum atomic E-state index is 1.02. The lowest BCUT2D eigenvalue weighted by Gasteiger charge is -2.12. The first-order chi connectivity index (χ1) is 6.83. The van der Waals surface area contributed by atoms with Crippen molar-refractivity contribution >= 4 is 0 Å². The van der Waals surface area contributed by atoms with Crippen molar-refractivity contribution < 1.29 is 4.74 Å². The van der Waals surface area contributed by atoms with E-state index in [1.54, 1.807) is 7.11 Å². The molecule has 2 nitrogen and oxygen atoms in total. The van der Waals surface area contributed by atoms with Crippen molar-refractivity contribution in [3.8, 4) is 5.75 Å². The van der Waals surface area contributed by atoms with Crippen LogP contribution in [0.5, 0.6) is 5.75 Å². The molecule has 2 heteroatoms. The van der Waals surface area contributed by atoms with Crippen LogP contribution in [-0.2, 0) is 12.8 Å². The first kappa shape index (κ1) is 9.53. The maximum atomic E-state index is 5.33. The van der Waals surface area contributed by atoms with Gasteiger partial charge in [-0.2, -0.15) is 0 Å². The van der Waals surface area contributed by atoms with Crippen molar-refractivity contribution in [2.24, 2.45) is 0 Å². The molecular weight excluding hydrogens is 174 g/mol. The average Bonchev–Trinajstić information content (AvgIpc) is 2.44. The van der Waals surface area contributed by atoms with E-state index in [2.05, 4.69) is 24.4 Å². The first-order valence-corrected chi connectivity index (χ1v) is 5.19. The summed E-state index contributed by atoms with van der Waals surface area (Å²) in [4.78, 5) is 0. The van der Waals surface area contributed by atoms with Crippen LogP contribution in [0.3, 0.4) is 0 Å². The fourth-order valence-corrected chi connectivity index (χ4v) is 2.16. The second-order valence-corrected chi connectivity index (χ2v) is 3.78. The summed E-state index contributed by atoms with van der Waals surface area (Å²) in [6.45, 7) is 4.34. The Hall–Kier alpha value is -1.02.